The number of methoxy groups -OCH3 is 1. The zero-order valence-electron chi connectivity index (χ0n) is 41.6. The number of benzene rings is 5. The van der Waals surface area contributed by atoms with Gasteiger partial charge in [-0.3, -0.25) is 38.7 Å². The summed E-state index contributed by atoms with van der Waals surface area (Å²) in [7, 11) is 1.54. The highest BCUT2D eigenvalue weighted by molar-refractivity contribution is 6.14. The zero-order chi connectivity index (χ0) is 50.7. The van der Waals surface area contributed by atoms with Crippen LogP contribution >= 0.6 is 0 Å². The Morgan fingerprint density at radius 2 is 1.33 bits per heavy atom. The van der Waals surface area contributed by atoms with Crippen molar-refractivity contribution in [3.05, 3.63) is 136 Å². The monoisotopic (exact) mass is 971 g/mol. The van der Waals surface area contributed by atoms with Crippen molar-refractivity contribution < 1.29 is 43.0 Å². The summed E-state index contributed by atoms with van der Waals surface area (Å²) in [4.78, 5) is 87.4. The summed E-state index contributed by atoms with van der Waals surface area (Å²) in [6, 6.07) is 28.6. The maximum Gasteiger partial charge on any atom is 0.261 e. The van der Waals surface area contributed by atoms with Gasteiger partial charge in [-0.05, 0) is 120 Å². The van der Waals surface area contributed by atoms with Gasteiger partial charge in [-0.15, -0.1) is 0 Å². The normalized spacial score (nSPS) is 16.3. The molecule has 4 aliphatic heterocycles. The number of ketones is 2. The number of nitrogens with one attached hydrogen (secondary N) is 2. The fraction of sp³-hybridized carbons (Fsp3) is 0.362. The number of hydrogen-bond donors (Lipinski definition) is 2. The van der Waals surface area contributed by atoms with Crippen molar-refractivity contribution >= 4 is 64.2 Å². The molecule has 5 aromatic carbocycles. The fourth-order valence-electron chi connectivity index (χ4n) is 9.97. The van der Waals surface area contributed by atoms with Gasteiger partial charge in [0.2, 0.25) is 11.8 Å². The molecule has 0 saturated carbocycles. The number of fused-ring (bicyclic) bond motifs is 8. The van der Waals surface area contributed by atoms with E-state index in [9.17, 15) is 28.8 Å². The summed E-state index contributed by atoms with van der Waals surface area (Å²) < 4.78 is 18.7. The Morgan fingerprint density at radius 3 is 2.06 bits per heavy atom. The summed E-state index contributed by atoms with van der Waals surface area (Å²) in [5.41, 5.74) is 9.19. The molecule has 0 radical (unpaired) electrons. The van der Waals surface area contributed by atoms with Crippen LogP contribution in [0.3, 0.4) is 0 Å². The molecule has 9 rings (SSSR count). The third-order valence-corrected chi connectivity index (χ3v) is 13.8. The summed E-state index contributed by atoms with van der Waals surface area (Å²) >= 11 is 0. The van der Waals surface area contributed by atoms with Gasteiger partial charge in [0.25, 0.3) is 11.8 Å². The second kappa shape index (κ2) is 21.0. The van der Waals surface area contributed by atoms with Crippen LogP contribution in [0.5, 0.6) is 17.2 Å². The second-order valence-corrected chi connectivity index (χ2v) is 20.4. The Morgan fingerprint density at radius 1 is 0.681 bits per heavy atom. The van der Waals surface area contributed by atoms with E-state index in [0.29, 0.717) is 70.1 Å². The number of aryl methyl sites for hydroxylation is 2. The molecule has 4 amide bonds. The molecule has 4 aliphatic rings. The molecular formula is C58H61N5O9. The largest absolute Gasteiger partial charge is 0.493 e. The number of carbonyl (C=O) groups is 6. The van der Waals surface area contributed by atoms with Gasteiger partial charge in [-0.1, -0.05) is 57.2 Å². The smallest absolute Gasteiger partial charge is 0.261 e. The number of aliphatic imine (C=N–C) groups is 1. The number of nitrogens with zero attached hydrogens (tertiary/aromatic N) is 3. The standard InChI is InChI=1S/C58H61N5O9/c1-35-22-47-48(59-31-43-27-40-11-7-9-13-50(40)63(43)57(47)69)30-51(35)71-33-36-23-37(25-41(24-36)61-55(67)19-17-45(65)32-60-54(66)18-16-44(64)20-21-58(2,3)4)34-72-53-28-38-14-15-42-26-39-10-6-8-12-49(39)62(42)56(68)46(38)29-52(53)70-5/h6-13,22-25,28-31,42-43H,14-21,26-27,32-34H2,1-5H3,(H,60,66)(H,61,67)/t42-,43+/m1/s1. The van der Waals surface area contributed by atoms with Crippen LogP contribution in [-0.4, -0.2) is 67.1 Å². The number of hydrogen-bond acceptors (Lipinski definition) is 10. The first-order chi connectivity index (χ1) is 34.6. The van der Waals surface area contributed by atoms with Crippen LogP contribution in [0.25, 0.3) is 0 Å². The highest BCUT2D eigenvalue weighted by atomic mass is 16.5. The molecule has 0 aromatic heterocycles. The summed E-state index contributed by atoms with van der Waals surface area (Å²) in [6.07, 6.45) is 5.82. The first-order valence-corrected chi connectivity index (χ1v) is 24.8. The van der Waals surface area contributed by atoms with Gasteiger partial charge in [0.15, 0.2) is 17.3 Å². The first kappa shape index (κ1) is 49.4. The lowest BCUT2D eigenvalue weighted by Crippen LogP contribution is -2.37. The molecular weight excluding hydrogens is 911 g/mol. The topological polar surface area (TPSA) is 173 Å². The maximum atomic E-state index is 14.1. The van der Waals surface area contributed by atoms with Crippen molar-refractivity contribution in [2.24, 2.45) is 10.4 Å². The Hall–Kier alpha value is -7.61. The predicted octanol–water partition coefficient (Wildman–Crippen LogP) is 9.55. The number of rotatable bonds is 18. The molecule has 14 heteroatoms. The van der Waals surface area contributed by atoms with Crippen LogP contribution in [0.1, 0.15) is 120 Å². The van der Waals surface area contributed by atoms with Crippen molar-refractivity contribution in [1.82, 2.24) is 5.32 Å². The lowest BCUT2D eigenvalue weighted by atomic mass is 9.89. The van der Waals surface area contributed by atoms with Crippen molar-refractivity contribution in [2.75, 3.05) is 28.8 Å². The minimum Gasteiger partial charge on any atom is -0.493 e. The maximum absolute atomic E-state index is 14.1. The molecule has 0 aliphatic carbocycles. The molecule has 2 atom stereocenters. The molecule has 0 unspecified atom stereocenters. The van der Waals surface area contributed by atoms with E-state index in [1.54, 1.807) is 31.4 Å². The fourth-order valence-corrected chi connectivity index (χ4v) is 9.97. The lowest BCUT2D eigenvalue weighted by Gasteiger charge is -2.23. The van der Waals surface area contributed by atoms with E-state index in [2.05, 4.69) is 37.5 Å². The Kier molecular flexibility index (Phi) is 14.4. The molecule has 2 N–H and O–H groups in total. The van der Waals surface area contributed by atoms with Crippen molar-refractivity contribution in [3.8, 4) is 17.2 Å². The van der Waals surface area contributed by atoms with Gasteiger partial charge >= 0.3 is 0 Å². The highest BCUT2D eigenvalue weighted by Gasteiger charge is 2.38. The Labute approximate surface area is 420 Å². The van der Waals surface area contributed by atoms with E-state index in [1.807, 2.05) is 83.6 Å². The van der Waals surface area contributed by atoms with Gasteiger partial charge in [0, 0.05) is 79.5 Å². The minimum absolute atomic E-state index is 0.00461. The Balaban J connectivity index is 0.891. The Bertz CT molecular complexity index is 3010. The summed E-state index contributed by atoms with van der Waals surface area (Å²) in [5.74, 6) is 0.140. The average molecular weight is 972 g/mol. The molecule has 0 bridgehead atoms. The van der Waals surface area contributed by atoms with E-state index >= 15 is 0 Å². The predicted molar refractivity (Wildman–Crippen MR) is 276 cm³/mol. The van der Waals surface area contributed by atoms with Gasteiger partial charge in [-0.2, -0.15) is 0 Å². The molecule has 14 nitrogen and oxygen atoms in total. The number of carbonyl (C=O) groups excluding carboxylic acids is 6. The average Bonchev–Trinajstić information content (AvgIpc) is 3.86. The zero-order valence-corrected chi connectivity index (χ0v) is 41.6. The number of para-hydroxylation sites is 2. The minimum atomic E-state index is -0.406. The second-order valence-electron chi connectivity index (χ2n) is 20.4. The van der Waals surface area contributed by atoms with Crippen molar-refractivity contribution in [1.29, 1.82) is 0 Å². The molecule has 72 heavy (non-hydrogen) atoms. The van der Waals surface area contributed by atoms with Crippen molar-refractivity contribution in [3.63, 3.8) is 0 Å². The molecule has 5 aromatic rings. The number of ether oxygens (including phenoxy) is 3. The molecule has 372 valence electrons. The van der Waals surface area contributed by atoms with Gasteiger partial charge < -0.3 is 29.7 Å². The van der Waals surface area contributed by atoms with Gasteiger partial charge in [-0.25, -0.2) is 0 Å². The van der Waals surface area contributed by atoms with Crippen LogP contribution in [0.4, 0.5) is 22.7 Å². The number of anilines is 3. The molecule has 0 spiro atoms. The van der Waals surface area contributed by atoms with E-state index in [0.717, 1.165) is 47.3 Å². The molecule has 0 saturated heterocycles. The lowest BCUT2D eigenvalue weighted by molar-refractivity contribution is -0.127. The quantitative estimate of drug-likeness (QED) is 0.0867. The SMILES string of the molecule is COc1cc2c(cc1OCc1cc(COc3cc4c(cc3C)C(=O)N3c5ccccc5C[C@H]3C=N4)cc(NC(=O)CCC(=O)CNC(=O)CCC(=O)CCC(C)(C)C)c1)CC[C@@H]1Cc3ccccc3N1C2=O. The first-order valence-electron chi connectivity index (χ1n) is 24.8. The van der Waals surface area contributed by atoms with Gasteiger partial charge in [0.05, 0.1) is 30.9 Å². The summed E-state index contributed by atoms with van der Waals surface area (Å²) in [6.45, 7) is 7.98. The summed E-state index contributed by atoms with van der Waals surface area (Å²) in [5, 5.41) is 5.51. The van der Waals surface area contributed by atoms with Crippen molar-refractivity contribution in [2.45, 2.75) is 117 Å². The van der Waals surface area contributed by atoms with Crippen LogP contribution < -0.4 is 34.6 Å². The van der Waals surface area contributed by atoms with Crippen LogP contribution in [0.15, 0.2) is 96.0 Å². The van der Waals surface area contributed by atoms with Crippen LogP contribution in [-0.2, 0) is 51.7 Å². The highest BCUT2D eigenvalue weighted by Crippen LogP contribution is 2.42. The third kappa shape index (κ3) is 11.1. The van der Waals surface area contributed by atoms with E-state index < -0.39 is 5.91 Å². The number of Topliss-reactive ketones (excluding diaryl/α,β-unsaturated/α-hetero) is 2. The third-order valence-electron chi connectivity index (χ3n) is 13.8. The van der Waals surface area contributed by atoms with E-state index in [1.165, 1.54) is 5.56 Å². The molecule has 0 fully saturated rings. The van der Waals surface area contributed by atoms with Gasteiger partial charge in [0.1, 0.15) is 24.7 Å². The molecule has 4 heterocycles. The van der Waals surface area contributed by atoms with E-state index in [-0.39, 0.29) is 92.2 Å². The van der Waals surface area contributed by atoms with Crippen LogP contribution in [0, 0.1) is 12.3 Å². The number of amides is 4. The van der Waals surface area contributed by atoms with E-state index in [4.69, 9.17) is 19.2 Å². The van der Waals surface area contributed by atoms with Crippen LogP contribution in [0.2, 0.25) is 0 Å².